The molecule has 0 saturated carbocycles. The molecule has 0 atom stereocenters. The van der Waals surface area contributed by atoms with E-state index < -0.39 is 0 Å². The molecule has 0 aromatic heterocycles. The maximum atomic E-state index is 12.3. The van der Waals surface area contributed by atoms with E-state index >= 15 is 0 Å². The molecule has 0 aromatic carbocycles. The van der Waals surface area contributed by atoms with Gasteiger partial charge in [-0.15, -0.1) is 0 Å². The van der Waals surface area contributed by atoms with Crippen LogP contribution in [-0.4, -0.2) is 71.1 Å². The Kier molecular flexibility index (Phi) is 9.49. The lowest BCUT2D eigenvalue weighted by atomic mass is 9.69. The Morgan fingerprint density at radius 1 is 0.758 bits per heavy atom. The summed E-state index contributed by atoms with van der Waals surface area (Å²) in [6.45, 7) is 27.9. The summed E-state index contributed by atoms with van der Waals surface area (Å²) in [5.74, 6) is 0.903. The Morgan fingerprint density at radius 3 is 1.79 bits per heavy atom. The van der Waals surface area contributed by atoms with Gasteiger partial charge in [0, 0.05) is 35.7 Å². The molecule has 2 rings (SSSR count). The fraction of sp³-hybridized carbons (Fsp3) is 0.964. The van der Waals surface area contributed by atoms with Crippen LogP contribution in [0.3, 0.4) is 0 Å². The molecule has 2 N–H and O–H groups in total. The van der Waals surface area contributed by atoms with Gasteiger partial charge in [0.25, 0.3) is 0 Å². The second-order valence-electron chi connectivity index (χ2n) is 14.3. The molecule has 2 aliphatic heterocycles. The van der Waals surface area contributed by atoms with E-state index in [4.69, 9.17) is 0 Å². The highest BCUT2D eigenvalue weighted by Crippen LogP contribution is 2.41. The number of amides is 1. The van der Waals surface area contributed by atoms with Gasteiger partial charge < -0.3 is 10.6 Å². The highest BCUT2D eigenvalue weighted by Gasteiger charge is 2.37. The number of nitrogens with zero attached hydrogens (tertiary/aromatic N) is 2. The monoisotopic (exact) mass is 464 g/mol. The molecule has 194 valence electrons. The molecule has 2 saturated heterocycles. The van der Waals surface area contributed by atoms with E-state index in [2.05, 4.69) is 68.9 Å². The van der Waals surface area contributed by atoms with Crippen LogP contribution in [0, 0.1) is 11.3 Å². The topological polar surface area (TPSA) is 47.6 Å². The third-order valence-corrected chi connectivity index (χ3v) is 7.94. The van der Waals surface area contributed by atoms with E-state index in [9.17, 15) is 4.79 Å². The Balaban J connectivity index is 1.77. The lowest BCUT2D eigenvalue weighted by molar-refractivity contribution is -0.124. The van der Waals surface area contributed by atoms with Gasteiger partial charge in [-0.3, -0.25) is 14.6 Å². The maximum absolute atomic E-state index is 12.3. The lowest BCUT2D eigenvalue weighted by Crippen LogP contribution is -2.54. The van der Waals surface area contributed by atoms with E-state index in [0.717, 1.165) is 19.0 Å². The number of carbonyl (C=O) groups is 1. The van der Waals surface area contributed by atoms with E-state index in [1.165, 1.54) is 51.6 Å². The first-order valence-corrected chi connectivity index (χ1v) is 13.5. The molecule has 33 heavy (non-hydrogen) atoms. The summed E-state index contributed by atoms with van der Waals surface area (Å²) in [4.78, 5) is 17.4. The van der Waals surface area contributed by atoms with Crippen LogP contribution in [0.1, 0.15) is 108 Å². The summed E-state index contributed by atoms with van der Waals surface area (Å²) < 4.78 is 0. The number of hydrogen-bond acceptors (Lipinski definition) is 4. The van der Waals surface area contributed by atoms with Gasteiger partial charge in [-0.1, -0.05) is 13.8 Å². The molecule has 0 radical (unpaired) electrons. The predicted octanol–water partition coefficient (Wildman–Crippen LogP) is 5.05. The molecule has 0 bridgehead atoms. The highest BCUT2D eigenvalue weighted by molar-refractivity contribution is 5.78. The average Bonchev–Trinajstić information content (AvgIpc) is 2.65. The first-order valence-electron chi connectivity index (χ1n) is 13.5. The van der Waals surface area contributed by atoms with Crippen molar-refractivity contribution in [2.24, 2.45) is 11.3 Å². The molecule has 0 unspecified atom stereocenters. The lowest BCUT2D eigenvalue weighted by Gasteiger charge is -2.47. The van der Waals surface area contributed by atoms with E-state index in [0.29, 0.717) is 18.0 Å². The van der Waals surface area contributed by atoms with E-state index in [1.54, 1.807) is 0 Å². The minimum atomic E-state index is -0.150. The zero-order valence-electron chi connectivity index (χ0n) is 23.7. The minimum Gasteiger partial charge on any atom is -0.350 e. The molecule has 2 fully saturated rings. The first kappa shape index (κ1) is 28.6. The zero-order chi connectivity index (χ0) is 25.1. The maximum Gasteiger partial charge on any atom is 0.234 e. The molecule has 2 heterocycles. The molecule has 5 nitrogen and oxygen atoms in total. The number of hydrogen-bond donors (Lipinski definition) is 2. The van der Waals surface area contributed by atoms with Crippen LogP contribution in [0.2, 0.25) is 0 Å². The van der Waals surface area contributed by atoms with Crippen molar-refractivity contribution in [3.8, 4) is 0 Å². The van der Waals surface area contributed by atoms with Crippen molar-refractivity contribution in [2.75, 3.05) is 32.7 Å². The first-order chi connectivity index (χ1) is 15.0. The molecule has 1 amide bonds. The summed E-state index contributed by atoms with van der Waals surface area (Å²) in [6.07, 6.45) is 7.46. The van der Waals surface area contributed by atoms with Crippen molar-refractivity contribution in [3.05, 3.63) is 0 Å². The summed E-state index contributed by atoms with van der Waals surface area (Å²) in [7, 11) is 0. The molecule has 0 aliphatic carbocycles. The SMILES string of the molecule is CC(C)(C)NC(=O)CN1CCC(C(C)(C)CCC(C)(C)N2CCC(NC(C)(C)C)CC2)CC1. The van der Waals surface area contributed by atoms with Crippen LogP contribution in [0.5, 0.6) is 0 Å². The average molecular weight is 465 g/mol. The van der Waals surface area contributed by atoms with Gasteiger partial charge in [0.2, 0.25) is 5.91 Å². The summed E-state index contributed by atoms with van der Waals surface area (Å²) in [5, 5.41) is 6.90. The van der Waals surface area contributed by atoms with Crippen molar-refractivity contribution < 1.29 is 4.79 Å². The molecule has 2 aliphatic rings. The third kappa shape index (κ3) is 9.85. The van der Waals surface area contributed by atoms with Crippen molar-refractivity contribution >= 4 is 5.91 Å². The van der Waals surface area contributed by atoms with Crippen LogP contribution in [0.25, 0.3) is 0 Å². The van der Waals surface area contributed by atoms with Crippen molar-refractivity contribution in [3.63, 3.8) is 0 Å². The van der Waals surface area contributed by atoms with Gasteiger partial charge in [0.1, 0.15) is 0 Å². The molecule has 0 spiro atoms. The predicted molar refractivity (Wildman–Crippen MR) is 142 cm³/mol. The van der Waals surface area contributed by atoms with Gasteiger partial charge >= 0.3 is 0 Å². The molecular weight excluding hydrogens is 408 g/mol. The smallest absolute Gasteiger partial charge is 0.234 e. The molecule has 0 aromatic rings. The quantitative estimate of drug-likeness (QED) is 0.528. The van der Waals surface area contributed by atoms with Crippen molar-refractivity contribution in [1.29, 1.82) is 0 Å². The number of piperidine rings is 2. The van der Waals surface area contributed by atoms with Gasteiger partial charge in [-0.25, -0.2) is 0 Å². The van der Waals surface area contributed by atoms with Gasteiger partial charge in [-0.2, -0.15) is 0 Å². The van der Waals surface area contributed by atoms with Gasteiger partial charge in [-0.05, 0) is 118 Å². The number of likely N-dealkylation sites (tertiary alicyclic amines) is 2. The second-order valence-corrected chi connectivity index (χ2v) is 14.3. The van der Waals surface area contributed by atoms with Crippen LogP contribution in [-0.2, 0) is 4.79 Å². The van der Waals surface area contributed by atoms with Gasteiger partial charge in [0.05, 0.1) is 6.54 Å². The summed E-state index contributed by atoms with van der Waals surface area (Å²) in [6, 6.07) is 0.657. The second kappa shape index (κ2) is 11.0. The Bertz CT molecular complexity index is 613. The summed E-state index contributed by atoms with van der Waals surface area (Å²) in [5.41, 5.74) is 0.666. The fourth-order valence-corrected chi connectivity index (χ4v) is 5.77. The normalized spacial score (nSPS) is 21.4. The van der Waals surface area contributed by atoms with E-state index in [-0.39, 0.29) is 22.5 Å². The largest absolute Gasteiger partial charge is 0.350 e. The third-order valence-electron chi connectivity index (χ3n) is 7.94. The Labute approximate surface area is 205 Å². The van der Waals surface area contributed by atoms with Crippen LogP contribution in [0.15, 0.2) is 0 Å². The number of nitrogens with one attached hydrogen (secondary N) is 2. The van der Waals surface area contributed by atoms with Crippen LogP contribution >= 0.6 is 0 Å². The zero-order valence-corrected chi connectivity index (χ0v) is 23.7. The number of carbonyl (C=O) groups excluding carboxylic acids is 1. The van der Waals surface area contributed by atoms with Crippen molar-refractivity contribution in [2.45, 2.75) is 130 Å². The summed E-state index contributed by atoms with van der Waals surface area (Å²) >= 11 is 0. The number of rotatable bonds is 8. The Hall–Kier alpha value is -0.650. The Morgan fingerprint density at radius 2 is 1.30 bits per heavy atom. The highest BCUT2D eigenvalue weighted by atomic mass is 16.2. The standard InChI is InChI=1S/C28H56N4O/c1-25(2,3)29-23-13-19-32(20-14-23)28(9,10)16-15-27(7,8)22-11-17-31(18-12-22)21-24(33)30-26(4,5)6/h22-23,29H,11-21H2,1-10H3,(H,30,33). The molecular formula is C28H56N4O. The van der Waals surface area contributed by atoms with Crippen LogP contribution < -0.4 is 10.6 Å². The van der Waals surface area contributed by atoms with Crippen molar-refractivity contribution in [1.82, 2.24) is 20.4 Å². The minimum absolute atomic E-state index is 0.150. The van der Waals surface area contributed by atoms with Gasteiger partial charge in [0.15, 0.2) is 0 Å². The van der Waals surface area contributed by atoms with Crippen LogP contribution in [0.4, 0.5) is 0 Å². The fourth-order valence-electron chi connectivity index (χ4n) is 5.77. The molecule has 5 heteroatoms. The van der Waals surface area contributed by atoms with E-state index in [1.807, 2.05) is 20.8 Å².